The highest BCUT2D eigenvalue weighted by molar-refractivity contribution is 7.91. The molecule has 5 nitrogen and oxygen atoms in total. The molecule has 7 heteroatoms. The number of benzene rings is 1. The molecule has 0 aliphatic rings. The molecule has 0 saturated heterocycles. The molecule has 24 heavy (non-hydrogen) atoms. The first-order valence-electron chi connectivity index (χ1n) is 7.63. The van der Waals surface area contributed by atoms with E-state index in [1.165, 1.54) is 11.3 Å². The van der Waals surface area contributed by atoms with Crippen molar-refractivity contribution in [1.29, 1.82) is 0 Å². The van der Waals surface area contributed by atoms with Gasteiger partial charge in [0, 0.05) is 36.7 Å². The van der Waals surface area contributed by atoms with Crippen molar-refractivity contribution in [3.8, 4) is 0 Å². The summed E-state index contributed by atoms with van der Waals surface area (Å²) in [4.78, 5) is 2.04. The molecular weight excluding hydrogens is 342 g/mol. The number of thiophene rings is 1. The van der Waals surface area contributed by atoms with Gasteiger partial charge < -0.3 is 9.47 Å². The normalized spacial score (nSPS) is 13.7. The summed E-state index contributed by atoms with van der Waals surface area (Å²) in [7, 11) is 2.47. The molecule has 128 valence electrons. The molecule has 0 fully saturated rings. The van der Waals surface area contributed by atoms with Crippen molar-refractivity contribution in [1.82, 2.24) is 14.2 Å². The smallest absolute Gasteiger partial charge is 0.250 e. The summed E-state index contributed by atoms with van der Waals surface area (Å²) in [5.74, 6) is 0. The van der Waals surface area contributed by atoms with Crippen LogP contribution >= 0.6 is 11.3 Å². The molecule has 0 bridgehead atoms. The summed E-state index contributed by atoms with van der Waals surface area (Å²) in [6, 6.07) is 11.5. The van der Waals surface area contributed by atoms with Gasteiger partial charge in [-0.3, -0.25) is 0 Å². The fraction of sp³-hybridized carbons (Fsp3) is 0.294. The maximum atomic E-state index is 12.4. The van der Waals surface area contributed by atoms with Crippen LogP contribution in [-0.4, -0.2) is 38.5 Å². The van der Waals surface area contributed by atoms with Crippen LogP contribution in [0.1, 0.15) is 11.6 Å². The van der Waals surface area contributed by atoms with E-state index in [0.717, 1.165) is 16.5 Å². The minimum atomic E-state index is -3.46. The molecule has 0 saturated carbocycles. The predicted molar refractivity (Wildman–Crippen MR) is 98.9 cm³/mol. The Kier molecular flexibility index (Phi) is 4.78. The number of hydrogen-bond acceptors (Lipinski definition) is 4. The molecule has 1 aromatic carbocycles. The van der Waals surface area contributed by atoms with Crippen molar-refractivity contribution < 1.29 is 8.42 Å². The zero-order valence-corrected chi connectivity index (χ0v) is 15.6. The van der Waals surface area contributed by atoms with Gasteiger partial charge in [0.1, 0.15) is 4.21 Å². The lowest BCUT2D eigenvalue weighted by Gasteiger charge is -2.24. The van der Waals surface area contributed by atoms with Gasteiger partial charge in [-0.2, -0.15) is 0 Å². The molecule has 1 N–H and O–H groups in total. The maximum absolute atomic E-state index is 12.4. The third-order valence-electron chi connectivity index (χ3n) is 4.14. The fourth-order valence-corrected chi connectivity index (χ4v) is 4.96. The Hall–Kier alpha value is -1.67. The van der Waals surface area contributed by atoms with Crippen LogP contribution in [0.5, 0.6) is 0 Å². The average Bonchev–Trinajstić information content (AvgIpc) is 3.17. The van der Waals surface area contributed by atoms with Gasteiger partial charge in [0.25, 0.3) is 0 Å². The lowest BCUT2D eigenvalue weighted by Crippen LogP contribution is -2.34. The lowest BCUT2D eigenvalue weighted by atomic mass is 10.1. The lowest BCUT2D eigenvalue weighted by molar-refractivity contribution is 0.301. The Balaban J connectivity index is 1.90. The minimum absolute atomic E-state index is 0.0502. The van der Waals surface area contributed by atoms with E-state index in [2.05, 4.69) is 27.6 Å². The molecular formula is C17H21N3O2S2. The van der Waals surface area contributed by atoms with Crippen LogP contribution in [0.25, 0.3) is 10.9 Å². The zero-order valence-electron chi connectivity index (χ0n) is 13.9. The molecule has 1 atom stereocenters. The predicted octanol–water partition coefficient (Wildman–Crippen LogP) is 2.82. The summed E-state index contributed by atoms with van der Waals surface area (Å²) in [5, 5.41) is 2.91. The first kappa shape index (κ1) is 17.2. The van der Waals surface area contributed by atoms with Gasteiger partial charge in [-0.25, -0.2) is 13.1 Å². The standard InChI is InChI=1S/C17H21N3O2S2/c1-19(2)16(11-18-24(21,22)17-9-6-10-23-17)14-12-20(3)15-8-5-4-7-13(14)15/h4-10,12,16,18H,11H2,1-3H3. The highest BCUT2D eigenvalue weighted by Gasteiger charge is 2.23. The number of fused-ring (bicyclic) bond motifs is 1. The Morgan fingerprint density at radius 2 is 1.96 bits per heavy atom. The molecule has 2 aromatic heterocycles. The fourth-order valence-electron chi connectivity index (χ4n) is 2.89. The number of aryl methyl sites for hydroxylation is 1. The van der Waals surface area contributed by atoms with Crippen LogP contribution in [0.15, 0.2) is 52.2 Å². The number of nitrogens with one attached hydrogen (secondary N) is 1. The number of aromatic nitrogens is 1. The van der Waals surface area contributed by atoms with Crippen molar-refractivity contribution >= 4 is 32.3 Å². The van der Waals surface area contributed by atoms with Crippen molar-refractivity contribution in [2.75, 3.05) is 20.6 Å². The minimum Gasteiger partial charge on any atom is -0.350 e. The number of likely N-dealkylation sites (N-methyl/N-ethyl adjacent to an activating group) is 1. The molecule has 0 aliphatic heterocycles. The molecule has 0 radical (unpaired) electrons. The van der Waals surface area contributed by atoms with Crippen molar-refractivity contribution in [3.63, 3.8) is 0 Å². The number of sulfonamides is 1. The zero-order chi connectivity index (χ0) is 17.3. The largest absolute Gasteiger partial charge is 0.350 e. The quantitative estimate of drug-likeness (QED) is 0.733. The van der Waals surface area contributed by atoms with E-state index in [0.29, 0.717) is 10.8 Å². The van der Waals surface area contributed by atoms with E-state index in [1.807, 2.05) is 38.2 Å². The second kappa shape index (κ2) is 6.68. The summed E-state index contributed by atoms with van der Waals surface area (Å²) in [6.07, 6.45) is 2.08. The van der Waals surface area contributed by atoms with Crippen LogP contribution < -0.4 is 4.72 Å². The number of para-hydroxylation sites is 1. The summed E-state index contributed by atoms with van der Waals surface area (Å²) >= 11 is 1.22. The highest BCUT2D eigenvalue weighted by atomic mass is 32.2. The van der Waals surface area contributed by atoms with Gasteiger partial charge in [-0.15, -0.1) is 11.3 Å². The van der Waals surface area contributed by atoms with Gasteiger partial charge >= 0.3 is 0 Å². The number of rotatable bonds is 6. The topological polar surface area (TPSA) is 54.3 Å². The molecule has 1 unspecified atom stereocenters. The molecule has 0 aliphatic carbocycles. The second-order valence-electron chi connectivity index (χ2n) is 5.98. The highest BCUT2D eigenvalue weighted by Crippen LogP contribution is 2.28. The third kappa shape index (κ3) is 3.25. The van der Waals surface area contributed by atoms with E-state index >= 15 is 0 Å². The van der Waals surface area contributed by atoms with E-state index in [4.69, 9.17) is 0 Å². The van der Waals surface area contributed by atoms with Gasteiger partial charge in [0.15, 0.2) is 0 Å². The van der Waals surface area contributed by atoms with Crippen molar-refractivity contribution in [2.45, 2.75) is 10.3 Å². The first-order valence-corrected chi connectivity index (χ1v) is 10.00. The Labute approximate surface area is 146 Å². The monoisotopic (exact) mass is 363 g/mol. The van der Waals surface area contributed by atoms with E-state index in [-0.39, 0.29) is 6.04 Å². The van der Waals surface area contributed by atoms with Gasteiger partial charge in [0.2, 0.25) is 10.0 Å². The summed E-state index contributed by atoms with van der Waals surface area (Å²) < 4.78 is 30.0. The Morgan fingerprint density at radius 1 is 1.21 bits per heavy atom. The number of hydrogen-bond donors (Lipinski definition) is 1. The van der Waals surface area contributed by atoms with Crippen LogP contribution in [0.3, 0.4) is 0 Å². The van der Waals surface area contributed by atoms with E-state index in [9.17, 15) is 8.42 Å². The van der Waals surface area contributed by atoms with E-state index in [1.54, 1.807) is 17.5 Å². The average molecular weight is 364 g/mol. The second-order valence-corrected chi connectivity index (χ2v) is 8.92. The van der Waals surface area contributed by atoms with Crippen molar-refractivity contribution in [3.05, 3.63) is 53.5 Å². The van der Waals surface area contributed by atoms with Crippen LogP contribution in [0, 0.1) is 0 Å². The van der Waals surface area contributed by atoms with Crippen LogP contribution in [0.2, 0.25) is 0 Å². The first-order chi connectivity index (χ1) is 11.4. The summed E-state index contributed by atoms with van der Waals surface area (Å²) in [5.41, 5.74) is 2.26. The van der Waals surface area contributed by atoms with Crippen LogP contribution in [-0.2, 0) is 17.1 Å². The third-order valence-corrected chi connectivity index (χ3v) is 6.96. The Bertz CT molecular complexity index is 928. The number of nitrogens with zero attached hydrogens (tertiary/aromatic N) is 2. The van der Waals surface area contributed by atoms with Gasteiger partial charge in [-0.05, 0) is 37.2 Å². The molecule has 0 amide bonds. The summed E-state index contributed by atoms with van der Waals surface area (Å²) in [6.45, 7) is 0.321. The Morgan fingerprint density at radius 3 is 2.62 bits per heavy atom. The van der Waals surface area contributed by atoms with E-state index < -0.39 is 10.0 Å². The molecule has 2 heterocycles. The maximum Gasteiger partial charge on any atom is 0.250 e. The van der Waals surface area contributed by atoms with Crippen molar-refractivity contribution in [2.24, 2.45) is 7.05 Å². The molecule has 3 rings (SSSR count). The van der Waals surface area contributed by atoms with Gasteiger partial charge in [-0.1, -0.05) is 24.3 Å². The van der Waals surface area contributed by atoms with Crippen LogP contribution in [0.4, 0.5) is 0 Å². The van der Waals surface area contributed by atoms with Gasteiger partial charge in [0.05, 0.1) is 0 Å². The molecule has 0 spiro atoms. The SMILES string of the molecule is CN(C)C(CNS(=O)(=O)c1cccs1)c1cn(C)c2ccccc12. The molecule has 3 aromatic rings.